The molecule has 0 bridgehead atoms. The van der Waals surface area contributed by atoms with Crippen molar-refractivity contribution in [3.05, 3.63) is 65.7 Å². The van der Waals surface area contributed by atoms with Crippen LogP contribution < -0.4 is 5.32 Å². The van der Waals surface area contributed by atoms with Gasteiger partial charge in [-0.2, -0.15) is 0 Å². The molecule has 2 heteroatoms. The molecule has 1 nitrogen and oxygen atoms in total. The van der Waals surface area contributed by atoms with Gasteiger partial charge >= 0.3 is 0 Å². The molecule has 0 spiro atoms. The summed E-state index contributed by atoms with van der Waals surface area (Å²) in [6, 6.07) is 19.6. The Labute approximate surface area is 132 Å². The van der Waals surface area contributed by atoms with Crippen molar-refractivity contribution in [3.63, 3.8) is 0 Å². The molecule has 1 aliphatic rings. The van der Waals surface area contributed by atoms with Gasteiger partial charge in [-0.25, -0.2) is 0 Å². The number of aryl methyl sites for hydroxylation is 1. The van der Waals surface area contributed by atoms with Gasteiger partial charge in [-0.3, -0.25) is 0 Å². The smallest absolute Gasteiger partial charge is 0.0106 e. The average molecular weight is 297 g/mol. The number of benzene rings is 2. The van der Waals surface area contributed by atoms with E-state index in [9.17, 15) is 0 Å². The van der Waals surface area contributed by atoms with Gasteiger partial charge in [0.2, 0.25) is 0 Å². The van der Waals surface area contributed by atoms with Crippen molar-refractivity contribution in [2.45, 2.75) is 30.1 Å². The Bertz CT molecular complexity index is 553. The summed E-state index contributed by atoms with van der Waals surface area (Å²) in [6.45, 7) is 2.20. The third-order valence-electron chi connectivity index (χ3n) is 4.18. The number of fused-ring (bicyclic) bond motifs is 1. The Balaban J connectivity index is 1.42. The molecule has 0 heterocycles. The van der Waals surface area contributed by atoms with E-state index in [0.717, 1.165) is 18.8 Å². The molecule has 0 saturated heterocycles. The highest BCUT2D eigenvalue weighted by Gasteiger charge is 2.18. The highest BCUT2D eigenvalue weighted by atomic mass is 32.2. The van der Waals surface area contributed by atoms with Crippen molar-refractivity contribution in [1.29, 1.82) is 0 Å². The monoisotopic (exact) mass is 297 g/mol. The number of nitrogens with one attached hydrogen (secondary N) is 1. The number of thioether (sulfide) groups is 1. The normalized spacial score (nSPS) is 17.4. The van der Waals surface area contributed by atoms with Crippen molar-refractivity contribution in [3.8, 4) is 0 Å². The van der Waals surface area contributed by atoms with Gasteiger partial charge in [0.05, 0.1) is 0 Å². The topological polar surface area (TPSA) is 12.0 Å². The van der Waals surface area contributed by atoms with E-state index < -0.39 is 0 Å². The van der Waals surface area contributed by atoms with E-state index >= 15 is 0 Å². The molecule has 0 amide bonds. The van der Waals surface area contributed by atoms with E-state index in [1.54, 1.807) is 11.1 Å². The minimum absolute atomic E-state index is 0.705. The van der Waals surface area contributed by atoms with Crippen molar-refractivity contribution in [2.75, 3.05) is 18.8 Å². The van der Waals surface area contributed by atoms with Crippen LogP contribution in [0.25, 0.3) is 0 Å². The molecule has 1 N–H and O–H groups in total. The summed E-state index contributed by atoms with van der Waals surface area (Å²) in [7, 11) is 0. The Morgan fingerprint density at radius 3 is 2.71 bits per heavy atom. The molecule has 1 aliphatic carbocycles. The molecule has 1 atom stereocenters. The Hall–Kier alpha value is -1.25. The highest BCUT2D eigenvalue weighted by Crippen LogP contribution is 2.30. The quantitative estimate of drug-likeness (QED) is 0.623. The highest BCUT2D eigenvalue weighted by molar-refractivity contribution is 7.99. The molecule has 2 aromatic rings. The summed E-state index contributed by atoms with van der Waals surface area (Å²) in [4.78, 5) is 1.36. The Morgan fingerprint density at radius 1 is 1.00 bits per heavy atom. The maximum Gasteiger partial charge on any atom is 0.0106 e. The van der Waals surface area contributed by atoms with Crippen LogP contribution in [0, 0.1) is 0 Å². The second-order valence-corrected chi connectivity index (χ2v) is 6.82. The zero-order chi connectivity index (χ0) is 14.3. The largest absolute Gasteiger partial charge is 0.315 e. The van der Waals surface area contributed by atoms with Crippen LogP contribution in [-0.2, 0) is 6.42 Å². The van der Waals surface area contributed by atoms with Crippen LogP contribution in [0.2, 0.25) is 0 Å². The summed E-state index contributed by atoms with van der Waals surface area (Å²) in [5.74, 6) is 1.84. The fraction of sp³-hybridized carbons (Fsp3) is 0.368. The lowest BCUT2D eigenvalue weighted by atomic mass is 9.83. The van der Waals surface area contributed by atoms with Gasteiger partial charge in [0, 0.05) is 23.7 Å². The van der Waals surface area contributed by atoms with E-state index in [4.69, 9.17) is 0 Å². The van der Waals surface area contributed by atoms with Gasteiger partial charge in [0.25, 0.3) is 0 Å². The summed E-state index contributed by atoms with van der Waals surface area (Å²) in [5, 5.41) is 3.65. The van der Waals surface area contributed by atoms with Crippen LogP contribution in [0.3, 0.4) is 0 Å². The first-order valence-corrected chi connectivity index (χ1v) is 8.88. The first-order valence-electron chi connectivity index (χ1n) is 7.90. The lowest BCUT2D eigenvalue weighted by Gasteiger charge is -2.25. The van der Waals surface area contributed by atoms with Gasteiger partial charge in [0.1, 0.15) is 0 Å². The predicted octanol–water partition coefficient (Wildman–Crippen LogP) is 4.49. The molecule has 0 radical (unpaired) electrons. The maximum atomic E-state index is 3.65. The maximum absolute atomic E-state index is 3.65. The van der Waals surface area contributed by atoms with Crippen LogP contribution in [0.1, 0.15) is 29.9 Å². The minimum atomic E-state index is 0.705. The summed E-state index contributed by atoms with van der Waals surface area (Å²) >= 11 is 1.93. The standard InChI is InChI=1S/C19H23NS/c1-2-10-18(11-3-1)21-14-13-20-15-17-9-6-8-16-7-4-5-12-19(16)17/h1-5,7,10-12,17,20H,6,8-9,13-15H2. The minimum Gasteiger partial charge on any atom is -0.315 e. The zero-order valence-corrected chi connectivity index (χ0v) is 13.2. The zero-order valence-electron chi connectivity index (χ0n) is 12.4. The lowest BCUT2D eigenvalue weighted by molar-refractivity contribution is 0.516. The van der Waals surface area contributed by atoms with Crippen molar-refractivity contribution >= 4 is 11.8 Å². The third-order valence-corrected chi connectivity index (χ3v) is 5.19. The SMILES string of the molecule is c1ccc(SCCNCC2CCCc3ccccc32)cc1. The molecule has 21 heavy (non-hydrogen) atoms. The van der Waals surface area contributed by atoms with Crippen molar-refractivity contribution < 1.29 is 0 Å². The van der Waals surface area contributed by atoms with Crippen LogP contribution in [-0.4, -0.2) is 18.8 Å². The van der Waals surface area contributed by atoms with Crippen LogP contribution in [0.15, 0.2) is 59.5 Å². The second kappa shape index (κ2) is 7.67. The molecule has 0 saturated carbocycles. The summed E-state index contributed by atoms with van der Waals surface area (Å²) in [5.41, 5.74) is 3.14. The summed E-state index contributed by atoms with van der Waals surface area (Å²) < 4.78 is 0. The Kier molecular flexibility index (Phi) is 5.36. The van der Waals surface area contributed by atoms with Crippen LogP contribution >= 0.6 is 11.8 Å². The van der Waals surface area contributed by atoms with Crippen molar-refractivity contribution in [1.82, 2.24) is 5.32 Å². The van der Waals surface area contributed by atoms with E-state index in [1.165, 1.54) is 24.2 Å². The van der Waals surface area contributed by atoms with Gasteiger partial charge < -0.3 is 5.32 Å². The molecule has 1 unspecified atom stereocenters. The van der Waals surface area contributed by atoms with E-state index in [-0.39, 0.29) is 0 Å². The molecule has 0 aromatic heterocycles. The molecular formula is C19H23NS. The van der Waals surface area contributed by atoms with Crippen molar-refractivity contribution in [2.24, 2.45) is 0 Å². The van der Waals surface area contributed by atoms with Gasteiger partial charge in [-0.05, 0) is 48.4 Å². The molecule has 0 aliphatic heterocycles. The summed E-state index contributed by atoms with van der Waals surface area (Å²) in [6.07, 6.45) is 3.93. The number of hydrogen-bond acceptors (Lipinski definition) is 2. The molecule has 110 valence electrons. The number of rotatable bonds is 6. The first kappa shape index (κ1) is 14.7. The molecule has 2 aromatic carbocycles. The van der Waals surface area contributed by atoms with E-state index in [2.05, 4.69) is 59.9 Å². The molecule has 3 rings (SSSR count). The fourth-order valence-corrected chi connectivity index (χ4v) is 3.93. The fourth-order valence-electron chi connectivity index (χ4n) is 3.10. The predicted molar refractivity (Wildman–Crippen MR) is 92.2 cm³/mol. The van der Waals surface area contributed by atoms with Gasteiger partial charge in [0.15, 0.2) is 0 Å². The molecular weight excluding hydrogens is 274 g/mol. The van der Waals surface area contributed by atoms with E-state index in [0.29, 0.717) is 5.92 Å². The first-order chi connectivity index (χ1) is 10.4. The number of hydrogen-bond donors (Lipinski definition) is 1. The Morgan fingerprint density at radius 2 is 1.81 bits per heavy atom. The average Bonchev–Trinajstić information content (AvgIpc) is 2.56. The van der Waals surface area contributed by atoms with Crippen LogP contribution in [0.5, 0.6) is 0 Å². The second-order valence-electron chi connectivity index (χ2n) is 5.65. The van der Waals surface area contributed by atoms with E-state index in [1.807, 2.05) is 11.8 Å². The lowest BCUT2D eigenvalue weighted by Crippen LogP contribution is -2.26. The van der Waals surface area contributed by atoms with Crippen LogP contribution in [0.4, 0.5) is 0 Å². The van der Waals surface area contributed by atoms with Gasteiger partial charge in [-0.1, -0.05) is 42.5 Å². The molecule has 0 fully saturated rings. The third kappa shape index (κ3) is 4.12. The van der Waals surface area contributed by atoms with Gasteiger partial charge in [-0.15, -0.1) is 11.8 Å².